The summed E-state index contributed by atoms with van der Waals surface area (Å²) in [5.41, 5.74) is 6.51. The number of nitrogen functional groups attached to an aromatic ring is 1. The van der Waals surface area contributed by atoms with Gasteiger partial charge in [-0.15, -0.1) is 0 Å². The summed E-state index contributed by atoms with van der Waals surface area (Å²) in [5, 5.41) is 16.8. The van der Waals surface area contributed by atoms with Crippen molar-refractivity contribution in [2.24, 2.45) is 5.73 Å². The zero-order valence-corrected chi connectivity index (χ0v) is 8.34. The molecule has 4 N–H and O–H groups in total. The maximum Gasteiger partial charge on any atom is 0.323 e. The summed E-state index contributed by atoms with van der Waals surface area (Å²) in [6, 6.07) is 3.35. The van der Waals surface area contributed by atoms with Crippen molar-refractivity contribution in [2.75, 3.05) is 0 Å². The van der Waals surface area contributed by atoms with E-state index in [1.807, 2.05) is 0 Å². The topological polar surface area (TPSA) is 105 Å². The lowest BCUT2D eigenvalue weighted by molar-refractivity contribution is -0.137. The number of aromatic nitrogens is 2. The van der Waals surface area contributed by atoms with Gasteiger partial charge in [0.2, 0.25) is 0 Å². The van der Waals surface area contributed by atoms with Crippen LogP contribution in [0.1, 0.15) is 5.56 Å². The Labute approximate surface area is 90.8 Å². The van der Waals surface area contributed by atoms with Crippen molar-refractivity contribution >= 4 is 22.8 Å². The monoisotopic (exact) mass is 218 g/mol. The number of rotatable bonds is 3. The molecular formula is C10H10N4O2. The Kier molecular flexibility index (Phi) is 2.32. The van der Waals surface area contributed by atoms with E-state index < -0.39 is 5.97 Å². The van der Waals surface area contributed by atoms with Crippen molar-refractivity contribution in [2.45, 2.75) is 6.54 Å². The highest BCUT2D eigenvalue weighted by atomic mass is 16.4. The zero-order valence-electron chi connectivity index (χ0n) is 8.34. The Morgan fingerprint density at radius 1 is 1.56 bits per heavy atom. The van der Waals surface area contributed by atoms with Crippen LogP contribution in [0.2, 0.25) is 0 Å². The molecule has 6 nitrogen and oxygen atoms in total. The molecule has 0 fully saturated rings. The lowest BCUT2D eigenvalue weighted by Gasteiger charge is -2.02. The van der Waals surface area contributed by atoms with Gasteiger partial charge in [-0.05, 0) is 12.1 Å². The minimum absolute atomic E-state index is 0.0551. The summed E-state index contributed by atoms with van der Waals surface area (Å²) in [5.74, 6) is -0.993. The van der Waals surface area contributed by atoms with Gasteiger partial charge in [-0.3, -0.25) is 10.2 Å². The zero-order chi connectivity index (χ0) is 11.7. The van der Waals surface area contributed by atoms with Crippen LogP contribution in [0, 0.1) is 5.41 Å². The van der Waals surface area contributed by atoms with Gasteiger partial charge in [-0.1, -0.05) is 0 Å². The van der Waals surface area contributed by atoms with Gasteiger partial charge in [0.15, 0.2) is 0 Å². The molecule has 0 spiro atoms. The molecule has 2 aromatic rings. The van der Waals surface area contributed by atoms with E-state index in [9.17, 15) is 4.79 Å². The lowest BCUT2D eigenvalue weighted by atomic mass is 10.2. The second-order valence-corrected chi connectivity index (χ2v) is 3.35. The van der Waals surface area contributed by atoms with E-state index in [0.717, 1.165) is 0 Å². The van der Waals surface area contributed by atoms with Crippen LogP contribution in [0.4, 0.5) is 0 Å². The average Bonchev–Trinajstić information content (AvgIpc) is 2.60. The molecular weight excluding hydrogens is 208 g/mol. The van der Waals surface area contributed by atoms with Crippen LogP contribution >= 0.6 is 0 Å². The van der Waals surface area contributed by atoms with Crippen molar-refractivity contribution in [3.8, 4) is 0 Å². The Hall–Kier alpha value is -2.37. The summed E-state index contributed by atoms with van der Waals surface area (Å²) in [6.07, 6.45) is 3.13. The fourth-order valence-electron chi connectivity index (χ4n) is 1.60. The van der Waals surface area contributed by atoms with Gasteiger partial charge in [-0.2, -0.15) is 0 Å². The molecule has 0 saturated heterocycles. The third-order valence-electron chi connectivity index (χ3n) is 2.26. The Morgan fingerprint density at radius 3 is 2.94 bits per heavy atom. The lowest BCUT2D eigenvalue weighted by Crippen LogP contribution is -2.12. The second kappa shape index (κ2) is 3.65. The highest BCUT2D eigenvalue weighted by Gasteiger charge is 2.10. The van der Waals surface area contributed by atoms with Gasteiger partial charge in [-0.25, -0.2) is 4.98 Å². The van der Waals surface area contributed by atoms with Crippen molar-refractivity contribution < 1.29 is 9.90 Å². The highest BCUT2D eigenvalue weighted by molar-refractivity contribution is 6.06. The smallest absolute Gasteiger partial charge is 0.323 e. The van der Waals surface area contributed by atoms with Gasteiger partial charge < -0.3 is 15.4 Å². The van der Waals surface area contributed by atoms with E-state index in [0.29, 0.717) is 16.6 Å². The van der Waals surface area contributed by atoms with Gasteiger partial charge in [0.25, 0.3) is 0 Å². The first kappa shape index (κ1) is 10.2. The molecule has 0 aliphatic heterocycles. The van der Waals surface area contributed by atoms with Gasteiger partial charge >= 0.3 is 5.97 Å². The number of hydrogen-bond acceptors (Lipinski definition) is 3. The number of carboxylic acid groups (broad SMARTS) is 1. The Bertz CT molecular complexity index is 573. The van der Waals surface area contributed by atoms with Crippen LogP contribution in [0.15, 0.2) is 24.5 Å². The summed E-state index contributed by atoms with van der Waals surface area (Å²) in [4.78, 5) is 14.7. The van der Waals surface area contributed by atoms with Gasteiger partial charge in [0, 0.05) is 23.3 Å². The SMILES string of the molecule is N=C(N)c1ccnc2c1ccn2CC(=O)O. The number of nitrogens with two attached hydrogens (primary N) is 1. The molecule has 0 bridgehead atoms. The molecule has 0 aliphatic carbocycles. The number of carbonyl (C=O) groups is 1. The summed E-state index contributed by atoms with van der Waals surface area (Å²) >= 11 is 0. The second-order valence-electron chi connectivity index (χ2n) is 3.35. The summed E-state index contributed by atoms with van der Waals surface area (Å²) < 4.78 is 1.50. The van der Waals surface area contributed by atoms with Crippen LogP contribution in [-0.2, 0) is 11.3 Å². The van der Waals surface area contributed by atoms with E-state index >= 15 is 0 Å². The van der Waals surface area contributed by atoms with Crippen LogP contribution in [0.25, 0.3) is 11.0 Å². The quantitative estimate of drug-likeness (QED) is 0.512. The van der Waals surface area contributed by atoms with Crippen molar-refractivity contribution in [3.63, 3.8) is 0 Å². The van der Waals surface area contributed by atoms with Crippen molar-refractivity contribution in [3.05, 3.63) is 30.1 Å². The first-order valence-electron chi connectivity index (χ1n) is 4.59. The van der Waals surface area contributed by atoms with E-state index in [2.05, 4.69) is 4.98 Å². The molecule has 0 saturated carbocycles. The number of nitrogens with one attached hydrogen (secondary N) is 1. The molecule has 0 aromatic carbocycles. The standard InChI is InChI=1S/C10H10N4O2/c11-9(12)6-1-3-13-10-7(6)2-4-14(10)5-8(15)16/h1-4H,5H2,(H3,11,12)(H,15,16). The van der Waals surface area contributed by atoms with Crippen molar-refractivity contribution in [1.82, 2.24) is 9.55 Å². The number of hydrogen-bond donors (Lipinski definition) is 3. The maximum absolute atomic E-state index is 10.6. The molecule has 2 rings (SSSR count). The fourth-order valence-corrected chi connectivity index (χ4v) is 1.60. The summed E-state index contributed by atoms with van der Waals surface area (Å²) in [6.45, 7) is -0.155. The molecule has 16 heavy (non-hydrogen) atoms. The van der Waals surface area contributed by atoms with E-state index in [4.69, 9.17) is 16.2 Å². The molecule has 0 aliphatic rings. The fraction of sp³-hybridized carbons (Fsp3) is 0.100. The first-order chi connectivity index (χ1) is 7.59. The highest BCUT2D eigenvalue weighted by Crippen LogP contribution is 2.17. The van der Waals surface area contributed by atoms with Gasteiger partial charge in [0.05, 0.1) is 0 Å². The number of aliphatic carboxylic acids is 1. The molecule has 0 atom stereocenters. The number of amidine groups is 1. The number of pyridine rings is 1. The van der Waals surface area contributed by atoms with E-state index in [1.165, 1.54) is 10.8 Å². The predicted molar refractivity (Wildman–Crippen MR) is 58.4 cm³/mol. The van der Waals surface area contributed by atoms with Crippen LogP contribution in [0.5, 0.6) is 0 Å². The van der Waals surface area contributed by atoms with Crippen molar-refractivity contribution in [1.29, 1.82) is 5.41 Å². The third kappa shape index (κ3) is 1.60. The van der Waals surface area contributed by atoms with Crippen LogP contribution < -0.4 is 5.73 Å². The predicted octanol–water partition coefficient (Wildman–Crippen LogP) is 0.405. The molecule has 2 aromatic heterocycles. The maximum atomic E-state index is 10.6. The first-order valence-corrected chi connectivity index (χ1v) is 4.59. The molecule has 0 amide bonds. The third-order valence-corrected chi connectivity index (χ3v) is 2.26. The average molecular weight is 218 g/mol. The molecule has 6 heteroatoms. The molecule has 82 valence electrons. The van der Waals surface area contributed by atoms with E-state index in [1.54, 1.807) is 18.3 Å². The number of fused-ring (bicyclic) bond motifs is 1. The normalized spacial score (nSPS) is 10.5. The van der Waals surface area contributed by atoms with Crippen LogP contribution in [-0.4, -0.2) is 26.5 Å². The Morgan fingerprint density at radius 2 is 2.31 bits per heavy atom. The van der Waals surface area contributed by atoms with E-state index in [-0.39, 0.29) is 12.4 Å². The number of nitrogens with zero attached hydrogens (tertiary/aromatic N) is 2. The molecule has 2 heterocycles. The molecule has 0 radical (unpaired) electrons. The summed E-state index contributed by atoms with van der Waals surface area (Å²) in [7, 11) is 0. The largest absolute Gasteiger partial charge is 0.480 e. The van der Waals surface area contributed by atoms with Gasteiger partial charge in [0.1, 0.15) is 18.0 Å². The van der Waals surface area contributed by atoms with Crippen LogP contribution in [0.3, 0.4) is 0 Å². The minimum atomic E-state index is -0.937. The Balaban J connectivity index is 2.61. The minimum Gasteiger partial charge on any atom is -0.480 e. The molecule has 0 unspecified atom stereocenters. The number of carboxylic acids is 1.